The van der Waals surface area contributed by atoms with E-state index < -0.39 is 11.6 Å². The third-order valence-electron chi connectivity index (χ3n) is 4.76. The maximum atomic E-state index is 12.2. The summed E-state index contributed by atoms with van der Waals surface area (Å²) in [7, 11) is 0. The van der Waals surface area contributed by atoms with Crippen molar-refractivity contribution in [3.8, 4) is 5.75 Å². The van der Waals surface area contributed by atoms with E-state index >= 15 is 0 Å². The Balaban J connectivity index is 0.00000320. The number of rotatable bonds is 8. The van der Waals surface area contributed by atoms with Gasteiger partial charge in [0.1, 0.15) is 18.0 Å². The minimum atomic E-state index is -0.616. The molecule has 30 heavy (non-hydrogen) atoms. The maximum absolute atomic E-state index is 12.2. The Morgan fingerprint density at radius 1 is 1.03 bits per heavy atom. The topological polar surface area (TPSA) is 48.4 Å². The van der Waals surface area contributed by atoms with E-state index in [-0.39, 0.29) is 19.0 Å². The first-order valence-electron chi connectivity index (χ1n) is 9.57. The van der Waals surface area contributed by atoms with Crippen molar-refractivity contribution >= 4 is 30.0 Å². The van der Waals surface area contributed by atoms with Crippen LogP contribution in [0.5, 0.6) is 5.75 Å². The average Bonchev–Trinajstić information content (AvgIpc) is 2.76. The fraction of sp³-hybridized carbons (Fsp3) is 0.250. The Kier molecular flexibility index (Phi) is 8.70. The summed E-state index contributed by atoms with van der Waals surface area (Å²) < 4.78 is 11.6. The van der Waals surface area contributed by atoms with Gasteiger partial charge in [-0.15, -0.1) is 12.4 Å². The van der Waals surface area contributed by atoms with Crippen molar-refractivity contribution in [1.82, 2.24) is 4.98 Å². The summed E-state index contributed by atoms with van der Waals surface area (Å²) in [5.41, 5.74) is 2.19. The summed E-state index contributed by atoms with van der Waals surface area (Å²) in [5.74, 6) is 0.339. The van der Waals surface area contributed by atoms with E-state index in [2.05, 4.69) is 4.98 Å². The Bertz CT molecular complexity index is 931. The molecule has 2 aromatic carbocycles. The fourth-order valence-electron chi connectivity index (χ4n) is 2.79. The Morgan fingerprint density at radius 3 is 2.23 bits per heavy atom. The first kappa shape index (κ1) is 23.7. The lowest BCUT2D eigenvalue weighted by atomic mass is 10.0. The maximum Gasteiger partial charge on any atom is 0.339 e. The van der Waals surface area contributed by atoms with Crippen LogP contribution in [0.25, 0.3) is 0 Å². The number of hydrogen-bond donors (Lipinski definition) is 0. The van der Waals surface area contributed by atoms with Crippen molar-refractivity contribution in [2.75, 3.05) is 6.61 Å². The van der Waals surface area contributed by atoms with Gasteiger partial charge in [0.2, 0.25) is 0 Å². The number of hydrogen-bond acceptors (Lipinski definition) is 4. The molecular weight excluding hydrogens is 421 g/mol. The van der Waals surface area contributed by atoms with E-state index in [4.69, 9.17) is 21.1 Å². The predicted molar refractivity (Wildman–Crippen MR) is 122 cm³/mol. The van der Waals surface area contributed by atoms with Crippen LogP contribution in [0, 0.1) is 0 Å². The van der Waals surface area contributed by atoms with Gasteiger partial charge in [-0.25, -0.2) is 4.79 Å². The first-order valence-corrected chi connectivity index (χ1v) is 9.95. The van der Waals surface area contributed by atoms with Crippen LogP contribution in [0.15, 0.2) is 73.1 Å². The van der Waals surface area contributed by atoms with Crippen molar-refractivity contribution < 1.29 is 14.3 Å². The van der Waals surface area contributed by atoms with Crippen LogP contribution in [0.3, 0.4) is 0 Å². The van der Waals surface area contributed by atoms with Crippen LogP contribution >= 0.6 is 24.0 Å². The van der Waals surface area contributed by atoms with Crippen LogP contribution < -0.4 is 4.74 Å². The van der Waals surface area contributed by atoms with Gasteiger partial charge in [-0.05, 0) is 67.3 Å². The van der Waals surface area contributed by atoms with E-state index in [1.807, 2.05) is 62.4 Å². The number of carbonyl (C=O) groups is 1. The number of carbonyl (C=O) groups excluding carboxylic acids is 1. The quantitative estimate of drug-likeness (QED) is 0.390. The fourth-order valence-corrected chi connectivity index (χ4v) is 2.91. The van der Waals surface area contributed by atoms with E-state index in [0.29, 0.717) is 12.0 Å². The van der Waals surface area contributed by atoms with E-state index in [0.717, 1.165) is 17.2 Å². The second kappa shape index (κ2) is 11.0. The van der Waals surface area contributed by atoms with Crippen LogP contribution in [0.2, 0.25) is 5.02 Å². The van der Waals surface area contributed by atoms with Crippen molar-refractivity contribution in [2.45, 2.75) is 32.3 Å². The lowest BCUT2D eigenvalue weighted by molar-refractivity contribution is -0.00757. The van der Waals surface area contributed by atoms with Gasteiger partial charge in [-0.3, -0.25) is 4.98 Å². The summed E-state index contributed by atoms with van der Waals surface area (Å²) >= 11 is 5.94. The number of nitrogens with zero attached hydrogens (tertiary/aromatic N) is 1. The third kappa shape index (κ3) is 6.75. The molecule has 1 aromatic heterocycles. The molecule has 0 spiro atoms. The van der Waals surface area contributed by atoms with Crippen molar-refractivity contribution in [2.24, 2.45) is 0 Å². The summed E-state index contributed by atoms with van der Waals surface area (Å²) in [4.78, 5) is 16.1. The Morgan fingerprint density at radius 2 is 1.67 bits per heavy atom. The summed E-state index contributed by atoms with van der Waals surface area (Å²) in [5, 5.41) is 0.737. The molecule has 3 aromatic rings. The monoisotopic (exact) mass is 445 g/mol. The molecule has 0 radical (unpaired) electrons. The van der Waals surface area contributed by atoms with Crippen LogP contribution in [0.4, 0.5) is 0 Å². The molecule has 6 heteroatoms. The molecule has 0 saturated carbocycles. The van der Waals surface area contributed by atoms with E-state index in [9.17, 15) is 4.79 Å². The summed E-state index contributed by atoms with van der Waals surface area (Å²) in [6.07, 6.45) is 4.63. The summed E-state index contributed by atoms with van der Waals surface area (Å²) in [6, 6.07) is 19.2. The van der Waals surface area contributed by atoms with E-state index in [1.54, 1.807) is 18.3 Å². The number of halogens is 2. The second-order valence-electron chi connectivity index (χ2n) is 7.17. The molecule has 3 rings (SSSR count). The predicted octanol–water partition coefficient (Wildman–Crippen LogP) is 6.15. The molecule has 0 aliphatic rings. The standard InChI is InChI=1S/C24H24ClNO3.ClH/c1-3-24(2,17-28-23(27)20-5-4-14-26-16-20)29-22-12-8-19(9-13-22)15-18-6-10-21(25)11-7-18;/h4-14,16H,3,15,17H2,1-2H3;1H. The number of benzene rings is 2. The van der Waals surface area contributed by atoms with Gasteiger partial charge in [0.05, 0.1) is 5.56 Å². The minimum absolute atomic E-state index is 0. The largest absolute Gasteiger partial charge is 0.484 e. The molecule has 0 bridgehead atoms. The van der Waals surface area contributed by atoms with Crippen molar-refractivity contribution in [1.29, 1.82) is 0 Å². The molecule has 0 fully saturated rings. The highest BCUT2D eigenvalue weighted by atomic mass is 35.5. The van der Waals surface area contributed by atoms with Crippen LogP contribution in [0.1, 0.15) is 41.8 Å². The van der Waals surface area contributed by atoms with Gasteiger partial charge in [-0.2, -0.15) is 0 Å². The lowest BCUT2D eigenvalue weighted by Crippen LogP contribution is -2.38. The Hall–Kier alpha value is -2.56. The smallest absolute Gasteiger partial charge is 0.339 e. The van der Waals surface area contributed by atoms with Crippen molar-refractivity contribution in [3.63, 3.8) is 0 Å². The van der Waals surface area contributed by atoms with Gasteiger partial charge in [0, 0.05) is 17.4 Å². The number of aromatic nitrogens is 1. The molecular formula is C24H25Cl2NO3. The van der Waals surface area contributed by atoms with Gasteiger partial charge in [0.15, 0.2) is 0 Å². The molecule has 1 unspecified atom stereocenters. The highest BCUT2D eigenvalue weighted by molar-refractivity contribution is 6.30. The molecule has 0 aliphatic carbocycles. The second-order valence-corrected chi connectivity index (χ2v) is 7.61. The highest BCUT2D eigenvalue weighted by Crippen LogP contribution is 2.24. The van der Waals surface area contributed by atoms with Gasteiger partial charge in [-0.1, -0.05) is 42.8 Å². The zero-order valence-electron chi connectivity index (χ0n) is 17.0. The van der Waals surface area contributed by atoms with Crippen molar-refractivity contribution in [3.05, 3.63) is 94.8 Å². The van der Waals surface area contributed by atoms with Gasteiger partial charge < -0.3 is 9.47 Å². The highest BCUT2D eigenvalue weighted by Gasteiger charge is 2.27. The minimum Gasteiger partial charge on any atom is -0.484 e. The molecule has 0 amide bonds. The van der Waals surface area contributed by atoms with E-state index in [1.165, 1.54) is 17.3 Å². The number of ether oxygens (including phenoxy) is 2. The molecule has 0 N–H and O–H groups in total. The molecule has 4 nitrogen and oxygen atoms in total. The zero-order chi connectivity index (χ0) is 20.7. The average molecular weight is 446 g/mol. The van der Waals surface area contributed by atoms with Crippen LogP contribution in [-0.4, -0.2) is 23.2 Å². The molecule has 0 saturated heterocycles. The Labute approximate surface area is 188 Å². The zero-order valence-corrected chi connectivity index (χ0v) is 18.6. The molecule has 0 aliphatic heterocycles. The first-order chi connectivity index (χ1) is 14.0. The molecule has 158 valence electrons. The SMILES string of the molecule is CCC(C)(COC(=O)c1cccnc1)Oc1ccc(Cc2ccc(Cl)cc2)cc1.Cl. The third-order valence-corrected chi connectivity index (χ3v) is 5.01. The summed E-state index contributed by atoms with van der Waals surface area (Å²) in [6.45, 7) is 4.10. The number of pyridine rings is 1. The molecule has 1 atom stereocenters. The van der Waals surface area contributed by atoms with Gasteiger partial charge >= 0.3 is 5.97 Å². The van der Waals surface area contributed by atoms with Crippen LogP contribution in [-0.2, 0) is 11.2 Å². The lowest BCUT2D eigenvalue weighted by Gasteiger charge is -2.29. The van der Waals surface area contributed by atoms with Gasteiger partial charge in [0.25, 0.3) is 0 Å². The normalized spacial score (nSPS) is 12.4. The number of esters is 1. The molecule has 1 heterocycles.